The molecular weight excluding hydrogens is 313 g/mol. The fourth-order valence-electron chi connectivity index (χ4n) is 2.00. The summed E-state index contributed by atoms with van der Waals surface area (Å²) in [5.41, 5.74) is 6.95. The van der Waals surface area contributed by atoms with Crippen molar-refractivity contribution in [2.75, 3.05) is 11.1 Å². The van der Waals surface area contributed by atoms with E-state index in [1.54, 1.807) is 30.6 Å². The van der Waals surface area contributed by atoms with E-state index in [9.17, 15) is 4.39 Å². The zero-order valence-corrected chi connectivity index (χ0v) is 13.1. The van der Waals surface area contributed by atoms with Crippen molar-refractivity contribution in [3.05, 3.63) is 60.3 Å². The Bertz CT molecular complexity index is 806. The van der Waals surface area contributed by atoms with Gasteiger partial charge in [0.15, 0.2) is 0 Å². The highest BCUT2D eigenvalue weighted by Crippen LogP contribution is 2.31. The number of nitrogens with zero attached hydrogens (tertiary/aromatic N) is 3. The molecule has 0 unspecified atom stereocenters. The summed E-state index contributed by atoms with van der Waals surface area (Å²) in [6.45, 7) is 1.82. The third-order valence-electron chi connectivity index (χ3n) is 2.95. The first-order chi connectivity index (χ1) is 11.1. The molecule has 0 spiro atoms. The van der Waals surface area contributed by atoms with Crippen molar-refractivity contribution >= 4 is 29.2 Å². The van der Waals surface area contributed by atoms with Gasteiger partial charge in [0, 0.05) is 39.6 Å². The molecule has 0 radical (unpaired) electrons. The van der Waals surface area contributed by atoms with Crippen LogP contribution in [0.4, 0.5) is 21.8 Å². The van der Waals surface area contributed by atoms with Crippen LogP contribution < -0.4 is 11.1 Å². The standard InChI is InChI=1S/C16H14FN5S/c1-10-8-15(22-16(18)20-10)21-11-2-3-14(13(17)9-11)23-12-4-6-19-7-5-12/h2-9H,1H3,(H3,18,20,21,22). The van der Waals surface area contributed by atoms with Crippen LogP contribution in [-0.4, -0.2) is 15.0 Å². The highest BCUT2D eigenvalue weighted by atomic mass is 32.2. The first kappa shape index (κ1) is 15.2. The summed E-state index contributed by atoms with van der Waals surface area (Å²) in [4.78, 5) is 13.5. The van der Waals surface area contributed by atoms with Gasteiger partial charge < -0.3 is 11.1 Å². The first-order valence-corrected chi connectivity index (χ1v) is 7.67. The molecule has 0 amide bonds. The molecule has 0 atom stereocenters. The van der Waals surface area contributed by atoms with Crippen molar-refractivity contribution in [1.29, 1.82) is 0 Å². The SMILES string of the molecule is Cc1cc(Nc2ccc(Sc3ccncc3)c(F)c2)nc(N)n1. The number of benzene rings is 1. The van der Waals surface area contributed by atoms with Crippen LogP contribution in [0.2, 0.25) is 0 Å². The first-order valence-electron chi connectivity index (χ1n) is 6.86. The third kappa shape index (κ3) is 3.95. The van der Waals surface area contributed by atoms with Crippen LogP contribution in [0.3, 0.4) is 0 Å². The number of rotatable bonds is 4. The number of halogens is 1. The van der Waals surface area contributed by atoms with Gasteiger partial charge in [-0.25, -0.2) is 9.37 Å². The van der Waals surface area contributed by atoms with Crippen LogP contribution in [0.1, 0.15) is 5.69 Å². The van der Waals surface area contributed by atoms with Gasteiger partial charge in [-0.05, 0) is 37.3 Å². The molecule has 23 heavy (non-hydrogen) atoms. The molecule has 0 fully saturated rings. The molecule has 0 saturated carbocycles. The minimum absolute atomic E-state index is 0.179. The predicted octanol–water partition coefficient (Wildman–Crippen LogP) is 3.80. The number of hydrogen-bond donors (Lipinski definition) is 2. The second-order valence-corrected chi connectivity index (χ2v) is 5.92. The molecule has 0 aliphatic rings. The van der Waals surface area contributed by atoms with E-state index in [4.69, 9.17) is 5.73 Å². The Balaban J connectivity index is 1.79. The summed E-state index contributed by atoms with van der Waals surface area (Å²) in [6.07, 6.45) is 3.36. The van der Waals surface area contributed by atoms with E-state index in [-0.39, 0.29) is 11.8 Å². The van der Waals surface area contributed by atoms with E-state index in [2.05, 4.69) is 20.3 Å². The predicted molar refractivity (Wildman–Crippen MR) is 89.2 cm³/mol. The van der Waals surface area contributed by atoms with E-state index in [0.29, 0.717) is 16.4 Å². The quantitative estimate of drug-likeness (QED) is 0.759. The Hall–Kier alpha value is -2.67. The Morgan fingerprint density at radius 2 is 1.87 bits per heavy atom. The van der Waals surface area contributed by atoms with E-state index in [1.165, 1.54) is 17.8 Å². The second kappa shape index (κ2) is 6.62. The van der Waals surface area contributed by atoms with Gasteiger partial charge >= 0.3 is 0 Å². The average Bonchev–Trinajstić information content (AvgIpc) is 2.50. The van der Waals surface area contributed by atoms with E-state index >= 15 is 0 Å². The van der Waals surface area contributed by atoms with Crippen LogP contribution in [0.5, 0.6) is 0 Å². The molecule has 116 valence electrons. The summed E-state index contributed by atoms with van der Waals surface area (Å²) in [7, 11) is 0. The minimum Gasteiger partial charge on any atom is -0.368 e. The number of hydrogen-bond acceptors (Lipinski definition) is 6. The molecule has 3 rings (SSSR count). The maximum atomic E-state index is 14.3. The molecule has 2 aromatic heterocycles. The molecule has 3 N–H and O–H groups in total. The molecular formula is C16H14FN5S. The highest BCUT2D eigenvalue weighted by molar-refractivity contribution is 7.99. The van der Waals surface area contributed by atoms with E-state index in [0.717, 1.165) is 10.6 Å². The Kier molecular flexibility index (Phi) is 4.38. The van der Waals surface area contributed by atoms with Crippen molar-refractivity contribution in [3.63, 3.8) is 0 Å². The average molecular weight is 327 g/mol. The zero-order valence-electron chi connectivity index (χ0n) is 12.3. The largest absolute Gasteiger partial charge is 0.368 e. The van der Waals surface area contributed by atoms with Crippen LogP contribution >= 0.6 is 11.8 Å². The number of nitrogens with two attached hydrogens (primary N) is 1. The Morgan fingerprint density at radius 3 is 2.57 bits per heavy atom. The molecule has 0 aliphatic carbocycles. The molecule has 0 bridgehead atoms. The summed E-state index contributed by atoms with van der Waals surface area (Å²) in [5.74, 6) is 0.400. The van der Waals surface area contributed by atoms with Gasteiger partial charge in [0.25, 0.3) is 0 Å². The maximum Gasteiger partial charge on any atom is 0.222 e. The third-order valence-corrected chi connectivity index (χ3v) is 4.01. The number of nitrogen functional groups attached to an aromatic ring is 1. The van der Waals surface area contributed by atoms with Crippen LogP contribution in [0, 0.1) is 12.7 Å². The monoisotopic (exact) mass is 327 g/mol. The van der Waals surface area contributed by atoms with Gasteiger partial charge in [0.05, 0.1) is 0 Å². The van der Waals surface area contributed by atoms with E-state index < -0.39 is 0 Å². The van der Waals surface area contributed by atoms with Crippen molar-refractivity contribution in [2.24, 2.45) is 0 Å². The number of aryl methyl sites for hydroxylation is 1. The molecule has 5 nitrogen and oxygen atoms in total. The van der Waals surface area contributed by atoms with Gasteiger partial charge in [-0.15, -0.1) is 0 Å². The van der Waals surface area contributed by atoms with Gasteiger partial charge in [0.1, 0.15) is 11.6 Å². The Labute approximate surface area is 137 Å². The number of anilines is 3. The van der Waals surface area contributed by atoms with Gasteiger partial charge in [-0.3, -0.25) is 4.98 Å². The normalized spacial score (nSPS) is 10.5. The lowest BCUT2D eigenvalue weighted by molar-refractivity contribution is 0.602. The number of aromatic nitrogens is 3. The van der Waals surface area contributed by atoms with Crippen LogP contribution in [-0.2, 0) is 0 Å². The van der Waals surface area contributed by atoms with Crippen molar-refractivity contribution in [1.82, 2.24) is 15.0 Å². The lowest BCUT2D eigenvalue weighted by Crippen LogP contribution is -2.01. The van der Waals surface area contributed by atoms with Crippen LogP contribution in [0.25, 0.3) is 0 Å². The zero-order chi connectivity index (χ0) is 16.2. The smallest absolute Gasteiger partial charge is 0.222 e. The molecule has 0 saturated heterocycles. The molecule has 1 aromatic carbocycles. The Morgan fingerprint density at radius 1 is 1.09 bits per heavy atom. The van der Waals surface area contributed by atoms with Gasteiger partial charge in [0.2, 0.25) is 5.95 Å². The van der Waals surface area contributed by atoms with Crippen molar-refractivity contribution < 1.29 is 4.39 Å². The maximum absolute atomic E-state index is 14.3. The summed E-state index contributed by atoms with van der Waals surface area (Å²) >= 11 is 1.35. The fourth-order valence-corrected chi connectivity index (χ4v) is 2.80. The number of pyridine rings is 1. The van der Waals surface area contributed by atoms with E-state index in [1.807, 2.05) is 19.1 Å². The molecule has 7 heteroatoms. The molecule has 0 aliphatic heterocycles. The van der Waals surface area contributed by atoms with Crippen molar-refractivity contribution in [2.45, 2.75) is 16.7 Å². The molecule has 2 heterocycles. The summed E-state index contributed by atoms with van der Waals surface area (Å²) in [6, 6.07) is 10.4. The lowest BCUT2D eigenvalue weighted by atomic mass is 10.3. The fraction of sp³-hybridized carbons (Fsp3) is 0.0625. The molecule has 3 aromatic rings. The van der Waals surface area contributed by atoms with Gasteiger partial charge in [-0.2, -0.15) is 4.98 Å². The topological polar surface area (TPSA) is 76.7 Å². The summed E-state index contributed by atoms with van der Waals surface area (Å²) < 4.78 is 14.3. The second-order valence-electron chi connectivity index (χ2n) is 4.81. The minimum atomic E-state index is -0.310. The summed E-state index contributed by atoms with van der Waals surface area (Å²) in [5, 5.41) is 3.03. The van der Waals surface area contributed by atoms with Crippen molar-refractivity contribution in [3.8, 4) is 0 Å². The highest BCUT2D eigenvalue weighted by Gasteiger charge is 2.07. The van der Waals surface area contributed by atoms with Gasteiger partial charge in [-0.1, -0.05) is 11.8 Å². The van der Waals surface area contributed by atoms with Crippen LogP contribution in [0.15, 0.2) is 58.6 Å². The lowest BCUT2D eigenvalue weighted by Gasteiger charge is -2.09. The number of nitrogens with one attached hydrogen (secondary N) is 1.